The van der Waals surface area contributed by atoms with Gasteiger partial charge in [0.15, 0.2) is 11.5 Å². The van der Waals surface area contributed by atoms with Crippen LogP contribution in [0.3, 0.4) is 0 Å². The van der Waals surface area contributed by atoms with Crippen molar-refractivity contribution in [3.8, 4) is 11.5 Å². The smallest absolute Gasteiger partial charge is 0.306 e. The van der Waals surface area contributed by atoms with E-state index in [0.29, 0.717) is 19.3 Å². The van der Waals surface area contributed by atoms with E-state index < -0.39 is 5.97 Å². The third kappa shape index (κ3) is 5.37. The first-order chi connectivity index (χ1) is 12.6. The minimum atomic E-state index is -0.658. The number of nitrogens with zero attached hydrogens (tertiary/aromatic N) is 1. The van der Waals surface area contributed by atoms with E-state index in [1.165, 1.54) is 5.56 Å². The molecule has 1 aliphatic heterocycles. The number of hydrogen-bond acceptors (Lipinski definition) is 4. The van der Waals surface area contributed by atoms with Crippen molar-refractivity contribution in [1.29, 1.82) is 0 Å². The molecule has 1 N–H and O–H groups in total. The predicted octanol–water partition coefficient (Wildman–Crippen LogP) is 4.51. The van der Waals surface area contributed by atoms with Gasteiger partial charge in [0.2, 0.25) is 0 Å². The molecule has 0 saturated carbocycles. The summed E-state index contributed by atoms with van der Waals surface area (Å²) in [5.74, 6) is 0.734. The van der Waals surface area contributed by atoms with E-state index >= 15 is 0 Å². The molecule has 0 aliphatic carbocycles. The summed E-state index contributed by atoms with van der Waals surface area (Å²) in [5, 5.41) is 9.25. The van der Waals surface area contributed by atoms with Crippen molar-refractivity contribution in [2.45, 2.75) is 58.9 Å². The molecular weight excluding hydrogens is 330 g/mol. The number of hydrogen-bond donors (Lipinski definition) is 1. The highest BCUT2D eigenvalue weighted by molar-refractivity contribution is 5.70. The first-order valence-corrected chi connectivity index (χ1v) is 9.97. The lowest BCUT2D eigenvalue weighted by Gasteiger charge is -2.37. The van der Waals surface area contributed by atoms with Crippen LogP contribution in [0, 0.1) is 5.92 Å². The number of piperidine rings is 1. The molecule has 0 bridgehead atoms. The van der Waals surface area contributed by atoms with Crippen molar-refractivity contribution in [2.24, 2.45) is 5.92 Å². The average Bonchev–Trinajstić information content (AvgIpc) is 2.64. The van der Waals surface area contributed by atoms with Crippen LogP contribution in [0.1, 0.15) is 64.5 Å². The second kappa shape index (κ2) is 10.4. The molecule has 1 unspecified atom stereocenters. The third-order valence-corrected chi connectivity index (χ3v) is 5.10. The summed E-state index contributed by atoms with van der Waals surface area (Å²) in [4.78, 5) is 13.7. The molecule has 0 amide bonds. The zero-order valence-electron chi connectivity index (χ0n) is 16.4. The summed E-state index contributed by atoms with van der Waals surface area (Å²) in [6, 6.07) is 6.56. The van der Waals surface area contributed by atoms with E-state index in [0.717, 1.165) is 56.7 Å². The molecule has 2 rings (SSSR count). The molecule has 146 valence electrons. The minimum absolute atomic E-state index is 0.197. The number of aliphatic carboxylic acids is 1. The summed E-state index contributed by atoms with van der Waals surface area (Å²) < 4.78 is 11.5. The van der Waals surface area contributed by atoms with Crippen LogP contribution in [-0.2, 0) is 4.79 Å². The van der Waals surface area contributed by atoms with Gasteiger partial charge in [-0.15, -0.1) is 0 Å². The molecule has 5 nitrogen and oxygen atoms in total. The fraction of sp³-hybridized carbons (Fsp3) is 0.667. The molecule has 1 fully saturated rings. The van der Waals surface area contributed by atoms with Crippen LogP contribution in [0.2, 0.25) is 0 Å². The molecule has 1 aromatic carbocycles. The maximum absolute atomic E-state index is 11.2. The molecule has 1 aromatic rings. The average molecular weight is 363 g/mol. The third-order valence-electron chi connectivity index (χ3n) is 5.10. The van der Waals surface area contributed by atoms with E-state index in [-0.39, 0.29) is 5.92 Å². The number of carbonyl (C=O) groups is 1. The fourth-order valence-corrected chi connectivity index (χ4v) is 3.69. The van der Waals surface area contributed by atoms with E-state index in [4.69, 9.17) is 9.47 Å². The number of ether oxygens (including phenoxy) is 2. The van der Waals surface area contributed by atoms with Crippen molar-refractivity contribution in [2.75, 3.05) is 26.3 Å². The summed E-state index contributed by atoms with van der Waals surface area (Å²) in [7, 11) is 0. The minimum Gasteiger partial charge on any atom is -0.490 e. The van der Waals surface area contributed by atoms with E-state index in [2.05, 4.69) is 24.0 Å². The zero-order chi connectivity index (χ0) is 18.9. The summed E-state index contributed by atoms with van der Waals surface area (Å²) in [5.41, 5.74) is 1.24. The zero-order valence-corrected chi connectivity index (χ0v) is 16.4. The summed E-state index contributed by atoms with van der Waals surface area (Å²) >= 11 is 0. The summed E-state index contributed by atoms with van der Waals surface area (Å²) in [6.45, 7) is 9.05. The van der Waals surface area contributed by atoms with Gasteiger partial charge < -0.3 is 14.6 Å². The van der Waals surface area contributed by atoms with E-state index in [9.17, 15) is 9.90 Å². The van der Waals surface area contributed by atoms with Gasteiger partial charge in [-0.1, -0.05) is 25.8 Å². The quantitative estimate of drug-likeness (QED) is 0.663. The molecule has 26 heavy (non-hydrogen) atoms. The number of benzene rings is 1. The highest BCUT2D eigenvalue weighted by atomic mass is 16.5. The van der Waals surface area contributed by atoms with Crippen LogP contribution in [-0.4, -0.2) is 42.3 Å². The Morgan fingerprint density at radius 2 is 1.81 bits per heavy atom. The molecule has 5 heteroatoms. The molecule has 0 spiro atoms. The van der Waals surface area contributed by atoms with Gasteiger partial charge in [0.1, 0.15) is 0 Å². The molecule has 0 radical (unpaired) electrons. The SMILES string of the molecule is CCCCC(c1ccc(OCC)c(OCC)c1)N1CCC(C(=O)O)CC1. The fourth-order valence-electron chi connectivity index (χ4n) is 3.69. The molecule has 0 aromatic heterocycles. The van der Waals surface area contributed by atoms with Crippen LogP contribution < -0.4 is 9.47 Å². The Morgan fingerprint density at radius 1 is 1.15 bits per heavy atom. The molecule has 1 saturated heterocycles. The highest BCUT2D eigenvalue weighted by Crippen LogP contribution is 2.36. The molecule has 1 atom stereocenters. The van der Waals surface area contributed by atoms with Crippen molar-refractivity contribution < 1.29 is 19.4 Å². The predicted molar refractivity (Wildman–Crippen MR) is 103 cm³/mol. The first-order valence-electron chi connectivity index (χ1n) is 9.97. The Kier molecular flexibility index (Phi) is 8.23. The topological polar surface area (TPSA) is 59.0 Å². The van der Waals surface area contributed by atoms with Gasteiger partial charge >= 0.3 is 5.97 Å². The van der Waals surface area contributed by atoms with Crippen LogP contribution in [0.5, 0.6) is 11.5 Å². The number of unbranched alkanes of at least 4 members (excludes halogenated alkanes) is 1. The van der Waals surface area contributed by atoms with Gasteiger partial charge in [-0.05, 0) is 63.9 Å². The van der Waals surface area contributed by atoms with Gasteiger partial charge in [-0.25, -0.2) is 0 Å². The maximum atomic E-state index is 11.2. The molecular formula is C21H33NO4. The normalized spacial score (nSPS) is 17.0. The lowest BCUT2D eigenvalue weighted by Crippen LogP contribution is -2.38. The van der Waals surface area contributed by atoms with Gasteiger partial charge in [0, 0.05) is 6.04 Å². The van der Waals surface area contributed by atoms with Crippen LogP contribution in [0.15, 0.2) is 18.2 Å². The van der Waals surface area contributed by atoms with Crippen molar-refractivity contribution in [3.05, 3.63) is 23.8 Å². The van der Waals surface area contributed by atoms with E-state index in [1.807, 2.05) is 19.9 Å². The number of rotatable bonds is 10. The monoisotopic (exact) mass is 363 g/mol. The number of carboxylic acid groups (broad SMARTS) is 1. The van der Waals surface area contributed by atoms with Gasteiger partial charge in [-0.3, -0.25) is 9.69 Å². The van der Waals surface area contributed by atoms with Crippen molar-refractivity contribution >= 4 is 5.97 Å². The Hall–Kier alpha value is -1.75. The van der Waals surface area contributed by atoms with E-state index in [1.54, 1.807) is 0 Å². The number of carboxylic acids is 1. The standard InChI is InChI=1S/C21H33NO4/c1-4-7-8-18(22-13-11-16(12-14-22)21(23)24)17-9-10-19(25-5-2)20(15-17)26-6-3/h9-10,15-16,18H,4-8,11-14H2,1-3H3,(H,23,24). The van der Waals surface area contributed by atoms with Gasteiger partial charge in [0.25, 0.3) is 0 Å². The molecule has 1 aliphatic rings. The maximum Gasteiger partial charge on any atom is 0.306 e. The lowest BCUT2D eigenvalue weighted by molar-refractivity contribution is -0.143. The van der Waals surface area contributed by atoms with Crippen LogP contribution >= 0.6 is 0 Å². The summed E-state index contributed by atoms with van der Waals surface area (Å²) in [6.07, 6.45) is 4.84. The highest BCUT2D eigenvalue weighted by Gasteiger charge is 2.29. The number of likely N-dealkylation sites (tertiary alicyclic amines) is 1. The Morgan fingerprint density at radius 3 is 2.38 bits per heavy atom. The lowest BCUT2D eigenvalue weighted by atomic mass is 9.92. The Balaban J connectivity index is 2.20. The first kappa shape index (κ1) is 20.6. The van der Waals surface area contributed by atoms with Crippen molar-refractivity contribution in [1.82, 2.24) is 4.90 Å². The van der Waals surface area contributed by atoms with Crippen molar-refractivity contribution in [3.63, 3.8) is 0 Å². The van der Waals surface area contributed by atoms with Crippen LogP contribution in [0.25, 0.3) is 0 Å². The second-order valence-corrected chi connectivity index (χ2v) is 6.88. The Labute approximate surface area is 157 Å². The largest absolute Gasteiger partial charge is 0.490 e. The van der Waals surface area contributed by atoms with Gasteiger partial charge in [-0.2, -0.15) is 0 Å². The molecule has 1 heterocycles. The van der Waals surface area contributed by atoms with Gasteiger partial charge in [0.05, 0.1) is 19.1 Å². The Bertz CT molecular complexity index is 567. The van der Waals surface area contributed by atoms with Crippen LogP contribution in [0.4, 0.5) is 0 Å². The second-order valence-electron chi connectivity index (χ2n) is 6.88.